The van der Waals surface area contributed by atoms with Gasteiger partial charge in [-0.15, -0.1) is 0 Å². The maximum Gasteiger partial charge on any atom is 0.354 e. The first-order valence-corrected chi connectivity index (χ1v) is 4.59. The molecule has 4 heteroatoms. The Balaban J connectivity index is 2.55. The molecular formula is C11H11N3O. The second kappa shape index (κ2) is 3.57. The molecule has 0 spiro atoms. The summed E-state index contributed by atoms with van der Waals surface area (Å²) < 4.78 is 1.45. The standard InChI is InChI=1S/C11H11N3O/c1-8-2-4-9(5-3-8)14-7-6-10(12)13-11(14)15/h2-7H,1H3,(H2,12,13,15). The smallest absolute Gasteiger partial charge is 0.354 e. The van der Waals surface area contributed by atoms with Crippen molar-refractivity contribution in [2.45, 2.75) is 6.92 Å². The van der Waals surface area contributed by atoms with Crippen molar-refractivity contribution in [3.05, 3.63) is 52.6 Å². The summed E-state index contributed by atoms with van der Waals surface area (Å²) in [6.45, 7) is 1.99. The summed E-state index contributed by atoms with van der Waals surface area (Å²) in [6, 6.07) is 9.22. The van der Waals surface area contributed by atoms with E-state index in [-0.39, 0.29) is 11.5 Å². The second-order valence-corrected chi connectivity index (χ2v) is 3.34. The lowest BCUT2D eigenvalue weighted by atomic mass is 10.2. The van der Waals surface area contributed by atoms with Gasteiger partial charge in [-0.2, -0.15) is 4.98 Å². The first-order chi connectivity index (χ1) is 7.16. The van der Waals surface area contributed by atoms with Crippen LogP contribution in [0, 0.1) is 6.92 Å². The Labute approximate surface area is 87.0 Å². The summed E-state index contributed by atoms with van der Waals surface area (Å²) in [5, 5.41) is 0. The van der Waals surface area contributed by atoms with Crippen LogP contribution in [0.25, 0.3) is 5.69 Å². The highest BCUT2D eigenvalue weighted by molar-refractivity contribution is 5.35. The van der Waals surface area contributed by atoms with Crippen LogP contribution in [-0.2, 0) is 0 Å². The quantitative estimate of drug-likeness (QED) is 0.752. The molecule has 0 saturated heterocycles. The summed E-state index contributed by atoms with van der Waals surface area (Å²) in [6.07, 6.45) is 1.62. The molecule has 0 aliphatic carbocycles. The Morgan fingerprint density at radius 2 is 1.87 bits per heavy atom. The molecule has 4 nitrogen and oxygen atoms in total. The van der Waals surface area contributed by atoms with Crippen LogP contribution in [-0.4, -0.2) is 9.55 Å². The van der Waals surface area contributed by atoms with Crippen molar-refractivity contribution in [3.8, 4) is 5.69 Å². The van der Waals surface area contributed by atoms with Crippen LogP contribution in [0.5, 0.6) is 0 Å². The van der Waals surface area contributed by atoms with Gasteiger partial charge < -0.3 is 5.73 Å². The Morgan fingerprint density at radius 1 is 1.20 bits per heavy atom. The fourth-order valence-corrected chi connectivity index (χ4v) is 1.32. The molecule has 1 aromatic carbocycles. The summed E-state index contributed by atoms with van der Waals surface area (Å²) >= 11 is 0. The maximum atomic E-state index is 11.5. The zero-order valence-electron chi connectivity index (χ0n) is 8.34. The first kappa shape index (κ1) is 9.45. The number of nitrogens with two attached hydrogens (primary N) is 1. The number of hydrogen-bond donors (Lipinski definition) is 1. The highest BCUT2D eigenvalue weighted by Gasteiger charge is 1.99. The van der Waals surface area contributed by atoms with Crippen molar-refractivity contribution >= 4 is 5.82 Å². The molecule has 0 bridgehead atoms. The number of nitrogen functional groups attached to an aromatic ring is 1. The largest absolute Gasteiger partial charge is 0.383 e. The predicted octanol–water partition coefficient (Wildman–Crippen LogP) is 1.12. The van der Waals surface area contributed by atoms with Crippen molar-refractivity contribution in [2.75, 3.05) is 5.73 Å². The molecule has 2 N–H and O–H groups in total. The van der Waals surface area contributed by atoms with Crippen LogP contribution < -0.4 is 11.4 Å². The molecule has 15 heavy (non-hydrogen) atoms. The average Bonchev–Trinajstić information content (AvgIpc) is 2.20. The van der Waals surface area contributed by atoms with Crippen LogP contribution in [0.1, 0.15) is 5.56 Å². The third kappa shape index (κ3) is 1.88. The minimum Gasteiger partial charge on any atom is -0.383 e. The van der Waals surface area contributed by atoms with Gasteiger partial charge in [0.05, 0.1) is 5.69 Å². The number of nitrogens with zero attached hydrogens (tertiary/aromatic N) is 2. The van der Waals surface area contributed by atoms with Gasteiger partial charge in [-0.3, -0.25) is 4.57 Å². The van der Waals surface area contributed by atoms with Crippen LogP contribution in [0.2, 0.25) is 0 Å². The Hall–Kier alpha value is -2.10. The number of aryl methyl sites for hydroxylation is 1. The topological polar surface area (TPSA) is 60.9 Å². The minimum atomic E-state index is -0.362. The molecule has 0 unspecified atom stereocenters. The van der Waals surface area contributed by atoms with Gasteiger partial charge in [-0.05, 0) is 25.1 Å². The van der Waals surface area contributed by atoms with Gasteiger partial charge in [0, 0.05) is 6.20 Å². The van der Waals surface area contributed by atoms with Crippen molar-refractivity contribution < 1.29 is 0 Å². The van der Waals surface area contributed by atoms with Crippen LogP contribution in [0.4, 0.5) is 5.82 Å². The molecule has 2 rings (SSSR count). The molecule has 2 aromatic rings. The highest BCUT2D eigenvalue weighted by Crippen LogP contribution is 2.06. The monoisotopic (exact) mass is 201 g/mol. The van der Waals surface area contributed by atoms with E-state index in [0.717, 1.165) is 11.3 Å². The van der Waals surface area contributed by atoms with E-state index in [9.17, 15) is 4.79 Å². The van der Waals surface area contributed by atoms with E-state index in [1.165, 1.54) is 4.57 Å². The van der Waals surface area contributed by atoms with Crippen LogP contribution in [0.15, 0.2) is 41.3 Å². The molecular weight excluding hydrogens is 190 g/mol. The molecule has 0 atom stereocenters. The van der Waals surface area contributed by atoms with Gasteiger partial charge in [-0.25, -0.2) is 4.79 Å². The van der Waals surface area contributed by atoms with E-state index in [4.69, 9.17) is 5.73 Å². The highest BCUT2D eigenvalue weighted by atomic mass is 16.1. The van der Waals surface area contributed by atoms with Crippen molar-refractivity contribution in [3.63, 3.8) is 0 Å². The molecule has 1 aromatic heterocycles. The fraction of sp³-hybridized carbons (Fsp3) is 0.0909. The second-order valence-electron chi connectivity index (χ2n) is 3.34. The maximum absolute atomic E-state index is 11.5. The van der Waals surface area contributed by atoms with Crippen molar-refractivity contribution in [2.24, 2.45) is 0 Å². The van der Waals surface area contributed by atoms with E-state index in [0.29, 0.717) is 0 Å². The molecule has 0 saturated carbocycles. The molecule has 76 valence electrons. The van der Waals surface area contributed by atoms with Crippen molar-refractivity contribution in [1.29, 1.82) is 0 Å². The lowest BCUT2D eigenvalue weighted by molar-refractivity contribution is 0.919. The first-order valence-electron chi connectivity index (χ1n) is 4.59. The van der Waals surface area contributed by atoms with Crippen LogP contribution >= 0.6 is 0 Å². The van der Waals surface area contributed by atoms with Crippen LogP contribution in [0.3, 0.4) is 0 Å². The van der Waals surface area contributed by atoms with E-state index in [1.54, 1.807) is 12.3 Å². The zero-order chi connectivity index (χ0) is 10.8. The molecule has 0 aliphatic rings. The number of anilines is 1. The number of benzene rings is 1. The zero-order valence-corrected chi connectivity index (χ0v) is 8.34. The minimum absolute atomic E-state index is 0.239. The number of aromatic nitrogens is 2. The fourth-order valence-electron chi connectivity index (χ4n) is 1.32. The molecule has 0 radical (unpaired) electrons. The summed E-state index contributed by atoms with van der Waals surface area (Å²) in [5.74, 6) is 0.239. The van der Waals surface area contributed by atoms with Gasteiger partial charge in [0.1, 0.15) is 5.82 Å². The Morgan fingerprint density at radius 3 is 2.47 bits per heavy atom. The van der Waals surface area contributed by atoms with Gasteiger partial charge in [-0.1, -0.05) is 17.7 Å². The predicted molar refractivity (Wildman–Crippen MR) is 59.0 cm³/mol. The van der Waals surface area contributed by atoms with E-state index in [2.05, 4.69) is 4.98 Å². The third-order valence-corrected chi connectivity index (χ3v) is 2.14. The molecule has 1 heterocycles. The Kier molecular flexibility index (Phi) is 2.25. The van der Waals surface area contributed by atoms with E-state index >= 15 is 0 Å². The molecule has 0 aliphatic heterocycles. The average molecular weight is 201 g/mol. The van der Waals surface area contributed by atoms with E-state index in [1.807, 2.05) is 31.2 Å². The van der Waals surface area contributed by atoms with Gasteiger partial charge in [0.2, 0.25) is 0 Å². The third-order valence-electron chi connectivity index (χ3n) is 2.14. The van der Waals surface area contributed by atoms with E-state index < -0.39 is 0 Å². The summed E-state index contributed by atoms with van der Waals surface area (Å²) in [5.41, 5.74) is 6.98. The van der Waals surface area contributed by atoms with Gasteiger partial charge in [0.15, 0.2) is 0 Å². The van der Waals surface area contributed by atoms with Crippen molar-refractivity contribution in [1.82, 2.24) is 9.55 Å². The molecule has 0 amide bonds. The number of hydrogen-bond acceptors (Lipinski definition) is 3. The summed E-state index contributed by atoms with van der Waals surface area (Å²) in [4.78, 5) is 15.2. The molecule has 0 fully saturated rings. The van der Waals surface area contributed by atoms with Gasteiger partial charge in [0.25, 0.3) is 0 Å². The lowest BCUT2D eigenvalue weighted by Crippen LogP contribution is -2.21. The SMILES string of the molecule is Cc1ccc(-n2ccc(N)nc2=O)cc1. The van der Waals surface area contributed by atoms with Gasteiger partial charge >= 0.3 is 5.69 Å². The number of rotatable bonds is 1. The lowest BCUT2D eigenvalue weighted by Gasteiger charge is -2.04. The normalized spacial score (nSPS) is 10.2. The summed E-state index contributed by atoms with van der Waals surface area (Å²) in [7, 11) is 0. The Bertz CT molecular complexity index is 528.